The highest BCUT2D eigenvalue weighted by atomic mass is 16.1. The van der Waals surface area contributed by atoms with Gasteiger partial charge in [0.25, 0.3) is 5.91 Å². The molecule has 21 heavy (non-hydrogen) atoms. The van der Waals surface area contributed by atoms with E-state index in [1.165, 1.54) is 5.56 Å². The van der Waals surface area contributed by atoms with Gasteiger partial charge in [-0.1, -0.05) is 29.8 Å². The topological polar surface area (TPSA) is 41.1 Å². The molecule has 3 heteroatoms. The molecule has 0 aromatic heterocycles. The second-order valence-electron chi connectivity index (χ2n) is 5.39. The minimum atomic E-state index is -0.0387. The van der Waals surface area contributed by atoms with Gasteiger partial charge >= 0.3 is 0 Å². The molecule has 0 saturated heterocycles. The van der Waals surface area contributed by atoms with Crippen molar-refractivity contribution < 1.29 is 4.79 Å². The third-order valence-electron chi connectivity index (χ3n) is 3.68. The molecule has 2 rings (SSSR count). The summed E-state index contributed by atoms with van der Waals surface area (Å²) in [7, 11) is 1.87. The molecular weight excluding hydrogens is 260 g/mol. The van der Waals surface area contributed by atoms with E-state index in [4.69, 9.17) is 0 Å². The number of benzene rings is 2. The minimum Gasteiger partial charge on any atom is -0.388 e. The lowest BCUT2D eigenvalue weighted by Gasteiger charge is -2.16. The van der Waals surface area contributed by atoms with Gasteiger partial charge in [-0.15, -0.1) is 0 Å². The Bertz CT molecular complexity index is 632. The minimum absolute atomic E-state index is 0.0125. The third kappa shape index (κ3) is 3.63. The first-order valence-corrected chi connectivity index (χ1v) is 7.17. The maximum absolute atomic E-state index is 12.4. The predicted molar refractivity (Wildman–Crippen MR) is 87.8 cm³/mol. The third-order valence-corrected chi connectivity index (χ3v) is 3.68. The molecule has 0 fully saturated rings. The van der Waals surface area contributed by atoms with Crippen molar-refractivity contribution in [1.82, 2.24) is 5.32 Å². The lowest BCUT2D eigenvalue weighted by Crippen LogP contribution is -2.27. The van der Waals surface area contributed by atoms with Gasteiger partial charge in [0.1, 0.15) is 0 Å². The number of hydrogen-bond donors (Lipinski definition) is 2. The van der Waals surface area contributed by atoms with Gasteiger partial charge < -0.3 is 10.6 Å². The van der Waals surface area contributed by atoms with Gasteiger partial charge in [-0.25, -0.2) is 0 Å². The molecule has 2 aromatic rings. The van der Waals surface area contributed by atoms with Gasteiger partial charge in [0.2, 0.25) is 0 Å². The average molecular weight is 282 g/mol. The van der Waals surface area contributed by atoms with Crippen LogP contribution in [0.25, 0.3) is 0 Å². The van der Waals surface area contributed by atoms with E-state index in [-0.39, 0.29) is 11.9 Å². The Hall–Kier alpha value is -2.29. The first-order chi connectivity index (χ1) is 10.0. The van der Waals surface area contributed by atoms with Crippen LogP contribution in [0.4, 0.5) is 5.69 Å². The fraction of sp³-hybridized carbons (Fsp3) is 0.278. The Morgan fingerprint density at radius 2 is 1.71 bits per heavy atom. The molecule has 0 spiro atoms. The van der Waals surface area contributed by atoms with Crippen molar-refractivity contribution in [3.05, 3.63) is 64.7 Å². The number of rotatable bonds is 4. The summed E-state index contributed by atoms with van der Waals surface area (Å²) in [5.74, 6) is -0.0387. The van der Waals surface area contributed by atoms with Crippen LogP contribution < -0.4 is 10.6 Å². The van der Waals surface area contributed by atoms with Crippen molar-refractivity contribution in [1.29, 1.82) is 0 Å². The fourth-order valence-corrected chi connectivity index (χ4v) is 2.29. The molecule has 1 unspecified atom stereocenters. The van der Waals surface area contributed by atoms with Gasteiger partial charge in [-0.05, 0) is 50.1 Å². The molecule has 0 radical (unpaired) electrons. The maximum atomic E-state index is 12.4. The zero-order valence-corrected chi connectivity index (χ0v) is 13.0. The number of hydrogen-bond acceptors (Lipinski definition) is 2. The summed E-state index contributed by atoms with van der Waals surface area (Å²) >= 11 is 0. The molecule has 1 amide bonds. The first kappa shape index (κ1) is 15.1. The molecule has 2 N–H and O–H groups in total. The van der Waals surface area contributed by atoms with Crippen LogP contribution in [0.1, 0.15) is 40.0 Å². The fourth-order valence-electron chi connectivity index (χ4n) is 2.29. The zero-order chi connectivity index (χ0) is 15.4. The summed E-state index contributed by atoms with van der Waals surface area (Å²) in [6.07, 6.45) is 0. The SMILES string of the molecule is CNc1ccc(C(=O)NC(C)c2ccc(C)cc2)c(C)c1. The van der Waals surface area contributed by atoms with E-state index in [0.717, 1.165) is 16.8 Å². The van der Waals surface area contributed by atoms with E-state index in [0.29, 0.717) is 5.56 Å². The molecule has 0 heterocycles. The molecule has 0 aliphatic carbocycles. The number of carbonyl (C=O) groups excluding carboxylic acids is 1. The Balaban J connectivity index is 2.12. The summed E-state index contributed by atoms with van der Waals surface area (Å²) in [6, 6.07) is 14.0. The van der Waals surface area contributed by atoms with Crippen LogP contribution in [0, 0.1) is 13.8 Å². The Kier molecular flexibility index (Phi) is 4.63. The van der Waals surface area contributed by atoms with E-state index in [1.807, 2.05) is 39.1 Å². The molecule has 0 bridgehead atoms. The van der Waals surface area contributed by atoms with Crippen LogP contribution in [0.5, 0.6) is 0 Å². The highest BCUT2D eigenvalue weighted by molar-refractivity contribution is 5.96. The number of amides is 1. The van der Waals surface area contributed by atoms with E-state index in [1.54, 1.807) is 0 Å². The summed E-state index contributed by atoms with van der Waals surface area (Å²) in [5.41, 5.74) is 5.02. The van der Waals surface area contributed by atoms with E-state index >= 15 is 0 Å². The maximum Gasteiger partial charge on any atom is 0.252 e. The molecule has 1 atom stereocenters. The molecule has 0 aliphatic rings. The molecule has 0 saturated carbocycles. The van der Waals surface area contributed by atoms with Gasteiger partial charge in [0.15, 0.2) is 0 Å². The number of anilines is 1. The predicted octanol–water partition coefficient (Wildman–Crippen LogP) is 3.84. The highest BCUT2D eigenvalue weighted by Gasteiger charge is 2.13. The average Bonchev–Trinajstić information content (AvgIpc) is 2.47. The van der Waals surface area contributed by atoms with Crippen LogP contribution in [-0.2, 0) is 0 Å². The van der Waals surface area contributed by atoms with Crippen LogP contribution in [0.3, 0.4) is 0 Å². The van der Waals surface area contributed by atoms with Crippen LogP contribution in [0.2, 0.25) is 0 Å². The van der Waals surface area contributed by atoms with Crippen molar-refractivity contribution in [2.75, 3.05) is 12.4 Å². The van der Waals surface area contributed by atoms with Crippen molar-refractivity contribution in [2.24, 2.45) is 0 Å². The largest absolute Gasteiger partial charge is 0.388 e. The van der Waals surface area contributed by atoms with Gasteiger partial charge in [-0.3, -0.25) is 4.79 Å². The smallest absolute Gasteiger partial charge is 0.252 e. The first-order valence-electron chi connectivity index (χ1n) is 7.17. The number of aryl methyl sites for hydroxylation is 2. The second-order valence-corrected chi connectivity index (χ2v) is 5.39. The number of carbonyl (C=O) groups is 1. The molecule has 0 aliphatic heterocycles. The van der Waals surface area contributed by atoms with Crippen LogP contribution in [-0.4, -0.2) is 13.0 Å². The zero-order valence-electron chi connectivity index (χ0n) is 13.0. The lowest BCUT2D eigenvalue weighted by molar-refractivity contribution is 0.0939. The van der Waals surface area contributed by atoms with Crippen molar-refractivity contribution in [2.45, 2.75) is 26.8 Å². The van der Waals surface area contributed by atoms with Gasteiger partial charge in [-0.2, -0.15) is 0 Å². The van der Waals surface area contributed by atoms with Crippen molar-refractivity contribution in [3.8, 4) is 0 Å². The quantitative estimate of drug-likeness (QED) is 0.894. The number of nitrogens with one attached hydrogen (secondary N) is 2. The Morgan fingerprint density at radius 3 is 2.29 bits per heavy atom. The summed E-state index contributed by atoms with van der Waals surface area (Å²) in [6.45, 7) is 6.01. The van der Waals surface area contributed by atoms with E-state index < -0.39 is 0 Å². The van der Waals surface area contributed by atoms with Crippen LogP contribution in [0.15, 0.2) is 42.5 Å². The molecule has 110 valence electrons. The van der Waals surface area contributed by atoms with Crippen molar-refractivity contribution >= 4 is 11.6 Å². The molecule has 3 nitrogen and oxygen atoms in total. The Morgan fingerprint density at radius 1 is 1.05 bits per heavy atom. The van der Waals surface area contributed by atoms with Crippen molar-refractivity contribution in [3.63, 3.8) is 0 Å². The lowest BCUT2D eigenvalue weighted by atomic mass is 10.0. The molecule has 2 aromatic carbocycles. The molecular formula is C18H22N2O. The Labute approximate surface area is 126 Å². The second kappa shape index (κ2) is 6.44. The van der Waals surface area contributed by atoms with Crippen LogP contribution >= 0.6 is 0 Å². The normalized spacial score (nSPS) is 11.8. The summed E-state index contributed by atoms with van der Waals surface area (Å²) in [5, 5.41) is 6.13. The standard InChI is InChI=1S/C18H22N2O/c1-12-5-7-15(8-6-12)14(3)20-18(21)17-10-9-16(19-4)11-13(17)2/h5-11,14,19H,1-4H3,(H,20,21). The van der Waals surface area contributed by atoms with E-state index in [9.17, 15) is 4.79 Å². The summed E-state index contributed by atoms with van der Waals surface area (Å²) in [4.78, 5) is 12.4. The van der Waals surface area contributed by atoms with Gasteiger partial charge in [0.05, 0.1) is 6.04 Å². The van der Waals surface area contributed by atoms with Gasteiger partial charge in [0, 0.05) is 18.3 Å². The monoisotopic (exact) mass is 282 g/mol. The highest BCUT2D eigenvalue weighted by Crippen LogP contribution is 2.17. The summed E-state index contributed by atoms with van der Waals surface area (Å²) < 4.78 is 0. The van der Waals surface area contributed by atoms with E-state index in [2.05, 4.69) is 41.8 Å².